The minimum absolute atomic E-state index is 0.148. The monoisotopic (exact) mass is 485 g/mol. The van der Waals surface area contributed by atoms with Crippen LogP contribution in [0.1, 0.15) is 12.5 Å². The lowest BCUT2D eigenvalue weighted by atomic mass is 10.1. The van der Waals surface area contributed by atoms with Gasteiger partial charge in [0.25, 0.3) is 0 Å². The van der Waals surface area contributed by atoms with Gasteiger partial charge >= 0.3 is 5.97 Å². The molecule has 26 heavy (non-hydrogen) atoms. The van der Waals surface area contributed by atoms with Crippen LogP contribution in [-0.4, -0.2) is 30.1 Å². The second-order valence-corrected chi connectivity index (χ2v) is 7.17. The molecule has 0 unspecified atom stereocenters. The fourth-order valence-electron chi connectivity index (χ4n) is 2.27. The Morgan fingerprint density at radius 3 is 2.12 bits per heavy atom. The van der Waals surface area contributed by atoms with Gasteiger partial charge in [-0.3, -0.25) is 4.79 Å². The molecule has 8 heteroatoms. The highest BCUT2D eigenvalue weighted by Crippen LogP contribution is 2.38. The zero-order valence-electron chi connectivity index (χ0n) is 14.1. The van der Waals surface area contributed by atoms with Crippen LogP contribution in [0.25, 0.3) is 0 Å². The molecule has 2 aromatic carbocycles. The van der Waals surface area contributed by atoms with Crippen molar-refractivity contribution in [3.05, 3.63) is 50.9 Å². The number of carbonyl (C=O) groups excluding carboxylic acids is 1. The van der Waals surface area contributed by atoms with Crippen molar-refractivity contribution in [2.75, 3.05) is 7.11 Å². The molecular weight excluding hydrogens is 470 g/mol. The molecule has 0 radical (unpaired) electrons. The van der Waals surface area contributed by atoms with Crippen LogP contribution in [0.3, 0.4) is 0 Å². The molecule has 6 nitrogen and oxygen atoms in total. The number of hydrogen-bond acceptors (Lipinski definition) is 4. The Bertz CT molecular complexity index is 785. The number of halogens is 2. The molecule has 2 rings (SSSR count). The summed E-state index contributed by atoms with van der Waals surface area (Å²) in [5.41, 5.74) is 0.729. The Morgan fingerprint density at radius 2 is 1.65 bits per heavy atom. The fraction of sp³-hybridized carbons (Fsp3) is 0.222. The number of carboxylic acid groups (broad SMARTS) is 1. The number of benzene rings is 2. The summed E-state index contributed by atoms with van der Waals surface area (Å²) < 4.78 is 12.3. The van der Waals surface area contributed by atoms with Crippen LogP contribution in [0.4, 0.5) is 0 Å². The molecule has 0 saturated carbocycles. The van der Waals surface area contributed by atoms with E-state index < -0.39 is 17.9 Å². The Balaban J connectivity index is 2.20. The van der Waals surface area contributed by atoms with E-state index in [-0.39, 0.29) is 6.42 Å². The molecule has 0 aliphatic heterocycles. The maximum atomic E-state index is 11.3. The number of aliphatic carboxylic acids is 1. The lowest BCUT2D eigenvalue weighted by molar-refractivity contribution is -0.141. The van der Waals surface area contributed by atoms with Crippen LogP contribution >= 0.6 is 31.9 Å². The van der Waals surface area contributed by atoms with Crippen LogP contribution in [0, 0.1) is 0 Å². The lowest BCUT2D eigenvalue weighted by Crippen LogP contribution is -2.41. The average molecular weight is 487 g/mol. The number of amides is 1. The molecule has 0 bridgehead atoms. The fourth-order valence-corrected chi connectivity index (χ4v) is 3.71. The summed E-state index contributed by atoms with van der Waals surface area (Å²) in [4.78, 5) is 22.5. The van der Waals surface area contributed by atoms with Crippen molar-refractivity contribution in [2.45, 2.75) is 19.4 Å². The van der Waals surface area contributed by atoms with Crippen molar-refractivity contribution < 1.29 is 24.2 Å². The van der Waals surface area contributed by atoms with Gasteiger partial charge in [0, 0.05) is 13.3 Å². The van der Waals surface area contributed by atoms with Crippen molar-refractivity contribution in [3.8, 4) is 17.2 Å². The third kappa shape index (κ3) is 5.47. The second kappa shape index (κ2) is 9.05. The molecule has 0 aromatic heterocycles. The van der Waals surface area contributed by atoms with Crippen LogP contribution in [0.15, 0.2) is 45.3 Å². The van der Waals surface area contributed by atoms with E-state index >= 15 is 0 Å². The van der Waals surface area contributed by atoms with Gasteiger partial charge in [-0.25, -0.2) is 4.79 Å². The number of ether oxygens (including phenoxy) is 2. The first kappa shape index (κ1) is 20.3. The largest absolute Gasteiger partial charge is 0.497 e. The quantitative estimate of drug-likeness (QED) is 0.614. The minimum Gasteiger partial charge on any atom is -0.497 e. The molecule has 2 N–H and O–H groups in total. The molecule has 0 aliphatic carbocycles. The van der Waals surface area contributed by atoms with Gasteiger partial charge in [0.1, 0.15) is 17.5 Å². The van der Waals surface area contributed by atoms with E-state index in [2.05, 4.69) is 37.2 Å². The van der Waals surface area contributed by atoms with Gasteiger partial charge in [-0.15, -0.1) is 0 Å². The standard InChI is InChI=1S/C18H17Br2NO5/c1-10(22)21-16(18(23)24)9-11-7-14(19)17(15(20)8-11)26-13-5-3-12(25-2)4-6-13/h3-8,16H,9H2,1-2H3,(H,21,22)(H,23,24)/t16-/m1/s1. The maximum absolute atomic E-state index is 11.3. The predicted molar refractivity (Wildman–Crippen MR) is 104 cm³/mol. The van der Waals surface area contributed by atoms with Crippen molar-refractivity contribution in [3.63, 3.8) is 0 Å². The van der Waals surface area contributed by atoms with Gasteiger partial charge in [-0.2, -0.15) is 0 Å². The smallest absolute Gasteiger partial charge is 0.326 e. The normalized spacial score (nSPS) is 11.5. The highest BCUT2D eigenvalue weighted by molar-refractivity contribution is 9.11. The predicted octanol–water partition coefficient (Wildman–Crippen LogP) is 4.14. The van der Waals surface area contributed by atoms with E-state index in [0.717, 1.165) is 11.3 Å². The molecule has 0 heterocycles. The van der Waals surface area contributed by atoms with Gasteiger partial charge in [0.05, 0.1) is 16.1 Å². The highest BCUT2D eigenvalue weighted by Gasteiger charge is 2.20. The first-order valence-electron chi connectivity index (χ1n) is 7.60. The number of methoxy groups -OCH3 is 1. The van der Waals surface area contributed by atoms with Gasteiger partial charge in [0.15, 0.2) is 5.75 Å². The van der Waals surface area contributed by atoms with Crippen molar-refractivity contribution in [1.29, 1.82) is 0 Å². The Hall–Kier alpha value is -2.06. The topological polar surface area (TPSA) is 84.9 Å². The number of hydrogen-bond donors (Lipinski definition) is 2. The van der Waals surface area contributed by atoms with Crippen molar-refractivity contribution in [2.24, 2.45) is 0 Å². The molecule has 1 atom stereocenters. The first-order chi connectivity index (χ1) is 12.3. The van der Waals surface area contributed by atoms with Crippen LogP contribution in [0.5, 0.6) is 17.2 Å². The third-order valence-electron chi connectivity index (χ3n) is 3.45. The molecule has 0 aliphatic rings. The third-order valence-corrected chi connectivity index (χ3v) is 4.63. The van der Waals surface area contributed by atoms with E-state index in [1.807, 2.05) is 0 Å². The molecule has 0 fully saturated rings. The number of carboxylic acids is 1. The molecule has 2 aromatic rings. The van der Waals surface area contributed by atoms with E-state index in [0.29, 0.717) is 20.4 Å². The van der Waals surface area contributed by atoms with Crippen molar-refractivity contribution >= 4 is 43.7 Å². The summed E-state index contributed by atoms with van der Waals surface area (Å²) in [6.45, 7) is 1.29. The SMILES string of the molecule is COc1ccc(Oc2c(Br)cc(C[C@@H](NC(C)=O)C(=O)O)cc2Br)cc1. The van der Waals surface area contributed by atoms with Crippen LogP contribution in [0.2, 0.25) is 0 Å². The van der Waals surface area contributed by atoms with Gasteiger partial charge in [0.2, 0.25) is 5.91 Å². The number of nitrogens with one attached hydrogen (secondary N) is 1. The van der Waals surface area contributed by atoms with Crippen LogP contribution < -0.4 is 14.8 Å². The summed E-state index contributed by atoms with van der Waals surface area (Å²) in [6, 6.07) is 9.67. The lowest BCUT2D eigenvalue weighted by Gasteiger charge is -2.16. The molecule has 1 amide bonds. The zero-order chi connectivity index (χ0) is 19.3. The number of rotatable bonds is 7. The Kier molecular flexibility index (Phi) is 7.05. The molecule has 0 saturated heterocycles. The molecular formula is C18H17Br2NO5. The summed E-state index contributed by atoms with van der Waals surface area (Å²) in [5.74, 6) is 0.427. The van der Waals surface area contributed by atoms with E-state index in [1.165, 1.54) is 6.92 Å². The van der Waals surface area contributed by atoms with Crippen molar-refractivity contribution in [1.82, 2.24) is 5.32 Å². The Labute approximate surface area is 167 Å². The average Bonchev–Trinajstić information content (AvgIpc) is 2.57. The maximum Gasteiger partial charge on any atom is 0.326 e. The summed E-state index contributed by atoms with van der Waals surface area (Å²) in [5, 5.41) is 11.7. The number of carbonyl (C=O) groups is 2. The second-order valence-electron chi connectivity index (χ2n) is 5.46. The minimum atomic E-state index is -1.09. The highest BCUT2D eigenvalue weighted by atomic mass is 79.9. The van der Waals surface area contributed by atoms with E-state index in [1.54, 1.807) is 43.5 Å². The zero-order valence-corrected chi connectivity index (χ0v) is 17.3. The summed E-state index contributed by atoms with van der Waals surface area (Å²) in [6.07, 6.45) is 0.148. The van der Waals surface area contributed by atoms with Gasteiger partial charge in [-0.05, 0) is 73.8 Å². The molecule has 0 spiro atoms. The first-order valence-corrected chi connectivity index (χ1v) is 9.18. The Morgan fingerprint density at radius 1 is 1.12 bits per heavy atom. The van der Waals surface area contributed by atoms with Gasteiger partial charge in [-0.1, -0.05) is 0 Å². The summed E-state index contributed by atoms with van der Waals surface area (Å²) in [7, 11) is 1.59. The molecule has 138 valence electrons. The summed E-state index contributed by atoms with van der Waals surface area (Å²) >= 11 is 6.89. The van der Waals surface area contributed by atoms with E-state index in [4.69, 9.17) is 9.47 Å². The van der Waals surface area contributed by atoms with E-state index in [9.17, 15) is 14.7 Å². The van der Waals surface area contributed by atoms with Crippen LogP contribution in [-0.2, 0) is 16.0 Å². The van der Waals surface area contributed by atoms with Gasteiger partial charge < -0.3 is 19.9 Å².